The highest BCUT2D eigenvalue weighted by Gasteiger charge is 2.48. The van der Waals surface area contributed by atoms with Crippen LogP contribution in [0.5, 0.6) is 0 Å². The minimum atomic E-state index is -1.60. The van der Waals surface area contributed by atoms with Crippen LogP contribution in [0.3, 0.4) is 0 Å². The number of piperidine rings is 1. The number of nitrogens with one attached hydrogen (secondary N) is 2. The van der Waals surface area contributed by atoms with E-state index in [0.717, 1.165) is 13.1 Å². The van der Waals surface area contributed by atoms with Crippen LogP contribution in [-0.4, -0.2) is 67.1 Å². The first-order chi connectivity index (χ1) is 16.9. The van der Waals surface area contributed by atoms with Gasteiger partial charge in [0.15, 0.2) is 0 Å². The van der Waals surface area contributed by atoms with E-state index in [9.17, 15) is 14.4 Å². The van der Waals surface area contributed by atoms with Crippen molar-refractivity contribution in [2.45, 2.75) is 37.9 Å². The third kappa shape index (κ3) is 4.43. The van der Waals surface area contributed by atoms with Crippen molar-refractivity contribution in [2.24, 2.45) is 0 Å². The Morgan fingerprint density at radius 2 is 1.83 bits per heavy atom. The number of carbonyl (C=O) groups is 3. The molecule has 3 heterocycles. The van der Waals surface area contributed by atoms with Gasteiger partial charge in [-0.15, -0.1) is 0 Å². The number of benzene rings is 2. The maximum Gasteiger partial charge on any atom is 0.254 e. The zero-order chi connectivity index (χ0) is 24.6. The molecule has 8 nitrogen and oxygen atoms in total. The molecule has 5 rings (SSSR count). The number of imide groups is 1. The zero-order valence-corrected chi connectivity index (χ0v) is 19.3. The Kier molecular flexibility index (Phi) is 6.33. The molecule has 1 unspecified atom stereocenters. The van der Waals surface area contributed by atoms with Gasteiger partial charge in [-0.3, -0.25) is 24.6 Å². The molecule has 3 aliphatic rings. The van der Waals surface area contributed by atoms with Gasteiger partial charge in [-0.25, -0.2) is 4.39 Å². The number of rotatable bonds is 6. The predicted octanol–water partition coefficient (Wildman–Crippen LogP) is 1.53. The lowest BCUT2D eigenvalue weighted by Crippen LogP contribution is -2.63. The molecule has 2 fully saturated rings. The molecule has 2 radical (unpaired) electrons. The maximum atomic E-state index is 15.2. The van der Waals surface area contributed by atoms with Crippen LogP contribution in [0.25, 0.3) is 0 Å². The molecule has 180 valence electrons. The first kappa shape index (κ1) is 23.5. The second kappa shape index (κ2) is 9.43. The highest BCUT2D eigenvalue weighted by Crippen LogP contribution is 2.36. The summed E-state index contributed by atoms with van der Waals surface area (Å²) < 4.78 is 20.6. The van der Waals surface area contributed by atoms with E-state index in [4.69, 9.17) is 12.6 Å². The van der Waals surface area contributed by atoms with Crippen molar-refractivity contribution in [1.29, 1.82) is 0 Å². The van der Waals surface area contributed by atoms with Gasteiger partial charge in [0.1, 0.15) is 13.7 Å². The Hall–Kier alpha value is -3.24. The molecule has 0 aromatic heterocycles. The number of hydrogen-bond donors (Lipinski definition) is 2. The number of morpholine rings is 1. The maximum absolute atomic E-state index is 15.2. The molecule has 0 saturated carbocycles. The molecule has 2 aromatic rings. The summed E-state index contributed by atoms with van der Waals surface area (Å²) in [4.78, 5) is 40.7. The van der Waals surface area contributed by atoms with E-state index in [0.29, 0.717) is 47.7 Å². The summed E-state index contributed by atoms with van der Waals surface area (Å²) in [7, 11) is 6.33. The van der Waals surface area contributed by atoms with Crippen molar-refractivity contribution in [3.8, 4) is 0 Å². The molecule has 2 aromatic carbocycles. The summed E-state index contributed by atoms with van der Waals surface area (Å²) in [5.74, 6) is -1.69. The molecule has 0 spiro atoms. The Morgan fingerprint density at radius 1 is 1.09 bits per heavy atom. The molecule has 2 saturated heterocycles. The standard InChI is InChI=1S/C25H26BFN4O4/c26-25(8-7-21(32)29-24(25)34)31-15-19-18(23(31)33)5-2-6-20(19)28-13-16-3-1-4-17(22(16)27)14-30-9-11-35-12-10-30/h1-6,28H,7-15H2,(H,29,32,34). The molecule has 0 aliphatic carbocycles. The highest BCUT2D eigenvalue weighted by atomic mass is 19.1. The van der Waals surface area contributed by atoms with Crippen molar-refractivity contribution >= 4 is 31.3 Å². The quantitative estimate of drug-likeness (QED) is 0.486. The molecule has 35 heavy (non-hydrogen) atoms. The number of fused-ring (bicyclic) bond motifs is 1. The van der Waals surface area contributed by atoms with Gasteiger partial charge < -0.3 is 15.0 Å². The Balaban J connectivity index is 1.32. The topological polar surface area (TPSA) is 91.0 Å². The van der Waals surface area contributed by atoms with Gasteiger partial charge in [-0.2, -0.15) is 0 Å². The molecule has 3 aliphatic heterocycles. The Bertz CT molecular complexity index is 1190. The fourth-order valence-corrected chi connectivity index (χ4v) is 4.88. The highest BCUT2D eigenvalue weighted by molar-refractivity contribution is 6.32. The first-order valence-electron chi connectivity index (χ1n) is 11.7. The summed E-state index contributed by atoms with van der Waals surface area (Å²) in [6, 6.07) is 10.6. The average molecular weight is 476 g/mol. The van der Waals surface area contributed by atoms with Crippen LogP contribution in [0.4, 0.5) is 10.1 Å². The molecular weight excluding hydrogens is 450 g/mol. The van der Waals surface area contributed by atoms with Crippen LogP contribution in [0.2, 0.25) is 0 Å². The number of anilines is 1. The third-order valence-electron chi connectivity index (χ3n) is 6.95. The van der Waals surface area contributed by atoms with Crippen molar-refractivity contribution < 1.29 is 23.5 Å². The molecule has 3 amide bonds. The number of carbonyl (C=O) groups excluding carboxylic acids is 3. The van der Waals surface area contributed by atoms with Gasteiger partial charge in [0.25, 0.3) is 5.91 Å². The molecule has 10 heteroatoms. The number of nitrogens with zero attached hydrogens (tertiary/aromatic N) is 2. The van der Waals surface area contributed by atoms with Crippen LogP contribution in [-0.2, 0) is 34.0 Å². The number of ether oxygens (including phenoxy) is 1. The summed E-state index contributed by atoms with van der Waals surface area (Å²) in [5, 5.41) is 5.49. The van der Waals surface area contributed by atoms with Crippen LogP contribution in [0, 0.1) is 5.82 Å². The van der Waals surface area contributed by atoms with Crippen molar-refractivity contribution in [1.82, 2.24) is 15.1 Å². The number of amides is 3. The van der Waals surface area contributed by atoms with E-state index in [1.807, 2.05) is 12.1 Å². The lowest BCUT2D eigenvalue weighted by atomic mass is 9.70. The van der Waals surface area contributed by atoms with Crippen LogP contribution < -0.4 is 10.6 Å². The van der Waals surface area contributed by atoms with Crippen LogP contribution in [0.15, 0.2) is 36.4 Å². The minimum absolute atomic E-state index is 0.0568. The van der Waals surface area contributed by atoms with Gasteiger partial charge in [0.05, 0.1) is 18.7 Å². The molecule has 2 N–H and O–H groups in total. The largest absolute Gasteiger partial charge is 0.381 e. The fraction of sp³-hybridized carbons (Fsp3) is 0.400. The van der Waals surface area contributed by atoms with E-state index in [-0.39, 0.29) is 37.7 Å². The Labute approximate surface area is 204 Å². The smallest absolute Gasteiger partial charge is 0.254 e. The van der Waals surface area contributed by atoms with Gasteiger partial charge in [0, 0.05) is 67.1 Å². The van der Waals surface area contributed by atoms with Crippen molar-refractivity contribution in [3.05, 3.63) is 64.5 Å². The molecule has 0 bridgehead atoms. The van der Waals surface area contributed by atoms with Gasteiger partial charge >= 0.3 is 0 Å². The van der Waals surface area contributed by atoms with Crippen molar-refractivity contribution in [3.63, 3.8) is 0 Å². The van der Waals surface area contributed by atoms with E-state index < -0.39 is 17.3 Å². The van der Waals surface area contributed by atoms with Crippen LogP contribution in [0.1, 0.15) is 39.9 Å². The summed E-state index contributed by atoms with van der Waals surface area (Å²) in [6.45, 7) is 3.73. The van der Waals surface area contributed by atoms with Crippen molar-refractivity contribution in [2.75, 3.05) is 31.6 Å². The SMILES string of the molecule is [B]C1(N2Cc3c(NCc4cccc(CN5CCOCC5)c4F)cccc3C2=O)CCC(=O)NC1=O. The number of halogens is 1. The van der Waals surface area contributed by atoms with Gasteiger partial charge in [-0.05, 0) is 18.6 Å². The number of hydrogen-bond acceptors (Lipinski definition) is 6. The molecule has 1 atom stereocenters. The average Bonchev–Trinajstić information content (AvgIpc) is 3.21. The minimum Gasteiger partial charge on any atom is -0.381 e. The Morgan fingerprint density at radius 3 is 2.60 bits per heavy atom. The summed E-state index contributed by atoms with van der Waals surface area (Å²) >= 11 is 0. The predicted molar refractivity (Wildman–Crippen MR) is 127 cm³/mol. The third-order valence-corrected chi connectivity index (χ3v) is 6.95. The van der Waals surface area contributed by atoms with Gasteiger partial charge in [-0.1, -0.05) is 24.3 Å². The zero-order valence-electron chi connectivity index (χ0n) is 19.3. The van der Waals surface area contributed by atoms with E-state index >= 15 is 4.39 Å². The van der Waals surface area contributed by atoms with E-state index in [1.165, 1.54) is 4.90 Å². The van der Waals surface area contributed by atoms with E-state index in [2.05, 4.69) is 15.5 Å². The second-order valence-corrected chi connectivity index (χ2v) is 9.16. The summed E-state index contributed by atoms with van der Waals surface area (Å²) in [6.07, 6.45) is 0.120. The monoisotopic (exact) mass is 476 g/mol. The lowest BCUT2D eigenvalue weighted by Gasteiger charge is -2.40. The van der Waals surface area contributed by atoms with Crippen LogP contribution >= 0.6 is 0 Å². The normalized spacial score (nSPS) is 22.8. The van der Waals surface area contributed by atoms with E-state index in [1.54, 1.807) is 24.3 Å². The first-order valence-corrected chi connectivity index (χ1v) is 11.7. The fourth-order valence-electron chi connectivity index (χ4n) is 4.88. The lowest BCUT2D eigenvalue weighted by molar-refractivity contribution is -0.138. The second-order valence-electron chi connectivity index (χ2n) is 9.16. The summed E-state index contributed by atoms with van der Waals surface area (Å²) in [5.41, 5.74) is 1.36. The molecular formula is C25H26BFN4O4. The van der Waals surface area contributed by atoms with Gasteiger partial charge in [0.2, 0.25) is 11.8 Å².